The predicted molar refractivity (Wildman–Crippen MR) is 52.0 cm³/mol. The number of nitrogens with zero attached hydrogens (tertiary/aromatic N) is 1. The molecule has 0 saturated carbocycles. The summed E-state index contributed by atoms with van der Waals surface area (Å²) < 4.78 is 1.04. The lowest BCUT2D eigenvalue weighted by atomic mass is 10.0. The van der Waals surface area contributed by atoms with E-state index in [1.165, 1.54) is 0 Å². The molecule has 0 aromatic heterocycles. The molecule has 0 saturated heterocycles. The number of hydrogen-bond donors (Lipinski definition) is 0. The van der Waals surface area contributed by atoms with Crippen LogP contribution in [0.5, 0.6) is 0 Å². The zero-order valence-electron chi connectivity index (χ0n) is 6.50. The molecule has 2 heteroatoms. The molecule has 0 heterocycles. The first-order valence-corrected chi connectivity index (χ1v) is 4.35. The monoisotopic (exact) mass is 221 g/mol. The Balaban J connectivity index is 2.66. The van der Waals surface area contributed by atoms with Crippen LogP contribution in [0, 0.1) is 30.6 Å². The van der Waals surface area contributed by atoms with Crippen molar-refractivity contribution in [3.8, 4) is 6.07 Å². The molecule has 12 heavy (non-hydrogen) atoms. The number of rotatable bonds is 2. The molecule has 0 aliphatic rings. The quantitative estimate of drug-likeness (QED) is 0.754. The molecule has 0 spiro atoms. The second-order valence-corrected chi connectivity index (χ2v) is 3.37. The summed E-state index contributed by atoms with van der Waals surface area (Å²) >= 11 is 3.33. The van der Waals surface area contributed by atoms with Crippen LogP contribution in [-0.4, -0.2) is 0 Å². The van der Waals surface area contributed by atoms with Crippen LogP contribution in [-0.2, 0) is 0 Å². The van der Waals surface area contributed by atoms with Gasteiger partial charge in [-0.25, -0.2) is 0 Å². The van der Waals surface area contributed by atoms with Gasteiger partial charge in [0.2, 0.25) is 0 Å². The summed E-state index contributed by atoms with van der Waals surface area (Å²) in [4.78, 5) is 0. The van der Waals surface area contributed by atoms with E-state index in [4.69, 9.17) is 5.26 Å². The maximum atomic E-state index is 8.50. The summed E-state index contributed by atoms with van der Waals surface area (Å²) in [7, 11) is 0. The van der Waals surface area contributed by atoms with Gasteiger partial charge >= 0.3 is 0 Å². The Labute approximate surface area is 81.2 Å². The van der Waals surface area contributed by atoms with Gasteiger partial charge in [0.05, 0.1) is 12.0 Å². The van der Waals surface area contributed by atoms with Crippen LogP contribution in [0.4, 0.5) is 0 Å². The fourth-order valence-corrected chi connectivity index (χ4v) is 1.11. The van der Waals surface area contributed by atoms with Gasteiger partial charge < -0.3 is 0 Å². The Kier molecular flexibility index (Phi) is 3.31. The third kappa shape index (κ3) is 2.67. The van der Waals surface area contributed by atoms with Crippen LogP contribution in [0.15, 0.2) is 28.7 Å². The van der Waals surface area contributed by atoms with E-state index in [9.17, 15) is 0 Å². The Morgan fingerprint density at radius 3 is 2.50 bits per heavy atom. The Morgan fingerprint density at radius 1 is 1.42 bits per heavy atom. The lowest BCUT2D eigenvalue weighted by Crippen LogP contribution is -1.92. The average Bonchev–Trinajstić information content (AvgIpc) is 2.09. The zero-order chi connectivity index (χ0) is 8.97. The maximum absolute atomic E-state index is 8.50. The fraction of sp³-hybridized carbons (Fsp3) is 0.100. The molecule has 1 nitrogen and oxygen atoms in total. The minimum Gasteiger partial charge on any atom is -0.198 e. The molecule has 0 aliphatic heterocycles. The van der Waals surface area contributed by atoms with Crippen molar-refractivity contribution in [2.45, 2.75) is 0 Å². The van der Waals surface area contributed by atoms with Crippen molar-refractivity contribution < 1.29 is 0 Å². The standard InChI is InChI=1S/C10H8BrN/c1-8(7-12)6-9-2-4-10(11)5-3-9/h2-6,8H,1H2. The first-order valence-electron chi connectivity index (χ1n) is 3.55. The van der Waals surface area contributed by atoms with Crippen molar-refractivity contribution in [2.75, 3.05) is 0 Å². The van der Waals surface area contributed by atoms with E-state index < -0.39 is 0 Å². The molecule has 2 radical (unpaired) electrons. The summed E-state index contributed by atoms with van der Waals surface area (Å²) in [5.74, 6) is -0.272. The second kappa shape index (κ2) is 4.27. The third-order valence-electron chi connectivity index (χ3n) is 1.43. The number of halogens is 1. The fourth-order valence-electron chi connectivity index (χ4n) is 0.843. The van der Waals surface area contributed by atoms with Gasteiger partial charge in [0, 0.05) is 10.9 Å². The Bertz CT molecular complexity index is 284. The highest BCUT2D eigenvalue weighted by atomic mass is 79.9. The van der Waals surface area contributed by atoms with Crippen molar-refractivity contribution in [1.29, 1.82) is 5.26 Å². The van der Waals surface area contributed by atoms with E-state index in [1.807, 2.05) is 36.8 Å². The highest BCUT2D eigenvalue weighted by molar-refractivity contribution is 9.10. The first-order chi connectivity index (χ1) is 5.72. The van der Waals surface area contributed by atoms with E-state index in [0.29, 0.717) is 0 Å². The smallest absolute Gasteiger partial charge is 0.0662 e. The molecule has 1 aromatic rings. The number of hydrogen-bond acceptors (Lipinski definition) is 1. The van der Waals surface area contributed by atoms with Crippen LogP contribution in [0.25, 0.3) is 0 Å². The van der Waals surface area contributed by atoms with Crippen molar-refractivity contribution in [2.24, 2.45) is 5.92 Å². The van der Waals surface area contributed by atoms with Gasteiger partial charge in [-0.05, 0) is 24.6 Å². The summed E-state index contributed by atoms with van der Waals surface area (Å²) in [6.07, 6.45) is 1.83. The molecule has 1 rings (SSSR count). The van der Waals surface area contributed by atoms with Gasteiger partial charge in [-0.15, -0.1) is 0 Å². The molecule has 1 unspecified atom stereocenters. The van der Waals surface area contributed by atoms with E-state index in [-0.39, 0.29) is 5.92 Å². The molecular weight excluding hydrogens is 214 g/mol. The van der Waals surface area contributed by atoms with Crippen molar-refractivity contribution in [3.63, 3.8) is 0 Å². The maximum Gasteiger partial charge on any atom is 0.0662 e. The van der Waals surface area contributed by atoms with E-state index >= 15 is 0 Å². The molecular formula is C10H8BrN. The molecule has 0 N–H and O–H groups in total. The number of benzene rings is 1. The van der Waals surface area contributed by atoms with Gasteiger partial charge in [-0.3, -0.25) is 0 Å². The van der Waals surface area contributed by atoms with Crippen molar-refractivity contribution in [3.05, 3.63) is 47.6 Å². The SMILES string of the molecule is [CH2]C(C#N)[CH]c1ccc(Br)cc1. The lowest BCUT2D eigenvalue weighted by molar-refractivity contribution is 0.994. The summed E-state index contributed by atoms with van der Waals surface area (Å²) in [5.41, 5.74) is 1.03. The molecule has 0 aliphatic carbocycles. The van der Waals surface area contributed by atoms with Crippen LogP contribution in [0.2, 0.25) is 0 Å². The topological polar surface area (TPSA) is 23.8 Å². The summed E-state index contributed by atoms with van der Waals surface area (Å²) in [6.45, 7) is 3.65. The first kappa shape index (κ1) is 9.28. The van der Waals surface area contributed by atoms with Gasteiger partial charge in [-0.2, -0.15) is 5.26 Å². The Morgan fingerprint density at radius 2 is 2.00 bits per heavy atom. The average molecular weight is 222 g/mol. The zero-order valence-corrected chi connectivity index (χ0v) is 8.08. The second-order valence-electron chi connectivity index (χ2n) is 2.45. The van der Waals surface area contributed by atoms with Crippen LogP contribution < -0.4 is 0 Å². The molecule has 0 amide bonds. The summed E-state index contributed by atoms with van der Waals surface area (Å²) in [6, 6.07) is 9.82. The van der Waals surface area contributed by atoms with Crippen molar-refractivity contribution in [1.82, 2.24) is 0 Å². The Hall–Kier alpha value is -0.810. The van der Waals surface area contributed by atoms with E-state index in [0.717, 1.165) is 10.0 Å². The molecule has 60 valence electrons. The lowest BCUT2D eigenvalue weighted by Gasteiger charge is -2.01. The molecule has 1 atom stereocenters. The van der Waals surface area contributed by atoms with Crippen LogP contribution >= 0.6 is 15.9 Å². The van der Waals surface area contributed by atoms with Gasteiger partial charge in [0.25, 0.3) is 0 Å². The van der Waals surface area contributed by atoms with Crippen LogP contribution in [0.1, 0.15) is 5.56 Å². The van der Waals surface area contributed by atoms with Gasteiger partial charge in [0.15, 0.2) is 0 Å². The predicted octanol–water partition coefficient (Wildman–Crippen LogP) is 2.98. The molecule has 1 aromatic carbocycles. The van der Waals surface area contributed by atoms with Gasteiger partial charge in [-0.1, -0.05) is 28.1 Å². The van der Waals surface area contributed by atoms with Crippen LogP contribution in [0.3, 0.4) is 0 Å². The molecule has 0 fully saturated rings. The minimum absolute atomic E-state index is 0.272. The minimum atomic E-state index is -0.272. The highest BCUT2D eigenvalue weighted by Gasteiger charge is 2.01. The normalized spacial score (nSPS) is 12.1. The third-order valence-corrected chi connectivity index (χ3v) is 1.96. The highest BCUT2D eigenvalue weighted by Crippen LogP contribution is 2.14. The van der Waals surface area contributed by atoms with Gasteiger partial charge in [0.1, 0.15) is 0 Å². The largest absolute Gasteiger partial charge is 0.198 e. The van der Waals surface area contributed by atoms with E-state index in [1.54, 1.807) is 0 Å². The number of nitriles is 1. The van der Waals surface area contributed by atoms with Crippen molar-refractivity contribution >= 4 is 15.9 Å². The molecule has 0 bridgehead atoms. The van der Waals surface area contributed by atoms with E-state index in [2.05, 4.69) is 22.9 Å². The summed E-state index contributed by atoms with van der Waals surface area (Å²) in [5, 5.41) is 8.50.